The SMILES string of the molecule is CCCC(O)c1cc(C(=O)N[C@@H](CCC(=O)OC(C)(C)C)C(=O)N2CCN(C(=O)OCC)CC2)nc(-c2ccccc2)n1. The van der Waals surface area contributed by atoms with Crippen LogP contribution in [0.25, 0.3) is 11.4 Å². The van der Waals surface area contributed by atoms with E-state index >= 15 is 0 Å². The smallest absolute Gasteiger partial charge is 0.409 e. The zero-order valence-electron chi connectivity index (χ0n) is 25.7. The maximum absolute atomic E-state index is 13.7. The van der Waals surface area contributed by atoms with Crippen LogP contribution in [0, 0.1) is 0 Å². The molecule has 1 aliphatic rings. The van der Waals surface area contributed by atoms with Crippen molar-refractivity contribution < 1.29 is 33.8 Å². The highest BCUT2D eigenvalue weighted by atomic mass is 16.6. The molecule has 2 atom stereocenters. The molecule has 1 saturated heterocycles. The van der Waals surface area contributed by atoms with Crippen LogP contribution in [0.15, 0.2) is 36.4 Å². The van der Waals surface area contributed by atoms with Crippen molar-refractivity contribution in [2.75, 3.05) is 32.8 Å². The van der Waals surface area contributed by atoms with Gasteiger partial charge in [0.15, 0.2) is 5.82 Å². The number of aromatic nitrogens is 2. The van der Waals surface area contributed by atoms with Gasteiger partial charge in [-0.2, -0.15) is 0 Å². The van der Waals surface area contributed by atoms with E-state index in [4.69, 9.17) is 9.47 Å². The number of rotatable bonds is 11. The van der Waals surface area contributed by atoms with Crippen molar-refractivity contribution in [2.45, 2.75) is 78.0 Å². The van der Waals surface area contributed by atoms with Crippen molar-refractivity contribution in [1.29, 1.82) is 0 Å². The number of nitrogens with zero attached hydrogens (tertiary/aromatic N) is 4. The van der Waals surface area contributed by atoms with Gasteiger partial charge in [-0.05, 0) is 46.6 Å². The molecule has 2 N–H and O–H groups in total. The largest absolute Gasteiger partial charge is 0.460 e. The number of ether oxygens (including phenoxy) is 2. The van der Waals surface area contributed by atoms with Crippen LogP contribution >= 0.6 is 0 Å². The van der Waals surface area contributed by atoms with Crippen LogP contribution in [0.4, 0.5) is 4.79 Å². The Labute approximate surface area is 252 Å². The molecule has 0 aliphatic carbocycles. The summed E-state index contributed by atoms with van der Waals surface area (Å²) in [4.78, 5) is 63.9. The van der Waals surface area contributed by atoms with Gasteiger partial charge in [-0.3, -0.25) is 14.4 Å². The lowest BCUT2D eigenvalue weighted by molar-refractivity contribution is -0.155. The average molecular weight is 598 g/mol. The monoisotopic (exact) mass is 597 g/mol. The molecule has 0 bridgehead atoms. The van der Waals surface area contributed by atoms with Gasteiger partial charge in [-0.15, -0.1) is 0 Å². The minimum Gasteiger partial charge on any atom is -0.460 e. The molecular formula is C31H43N5O7. The second kappa shape index (κ2) is 15.4. The highest BCUT2D eigenvalue weighted by Gasteiger charge is 2.32. The van der Waals surface area contributed by atoms with E-state index < -0.39 is 35.7 Å². The molecule has 43 heavy (non-hydrogen) atoms. The van der Waals surface area contributed by atoms with Crippen molar-refractivity contribution in [2.24, 2.45) is 0 Å². The fraction of sp³-hybridized carbons (Fsp3) is 0.548. The molecule has 1 unspecified atom stereocenters. The van der Waals surface area contributed by atoms with E-state index in [1.54, 1.807) is 44.7 Å². The van der Waals surface area contributed by atoms with E-state index in [0.29, 0.717) is 24.1 Å². The number of nitrogens with one attached hydrogen (secondary N) is 1. The normalized spacial score (nSPS) is 14.9. The third-order valence-electron chi connectivity index (χ3n) is 6.69. The average Bonchev–Trinajstić information content (AvgIpc) is 2.98. The predicted molar refractivity (Wildman–Crippen MR) is 159 cm³/mol. The summed E-state index contributed by atoms with van der Waals surface area (Å²) in [6.45, 7) is 10.2. The first-order valence-electron chi connectivity index (χ1n) is 14.8. The van der Waals surface area contributed by atoms with Crippen molar-refractivity contribution in [1.82, 2.24) is 25.1 Å². The predicted octanol–water partition coefficient (Wildman–Crippen LogP) is 3.50. The third-order valence-corrected chi connectivity index (χ3v) is 6.69. The third kappa shape index (κ3) is 10.0. The van der Waals surface area contributed by atoms with Gasteiger partial charge in [0.05, 0.1) is 18.4 Å². The number of hydrogen-bond donors (Lipinski definition) is 2. The molecule has 1 fully saturated rings. The number of carbonyl (C=O) groups excluding carboxylic acids is 4. The Kier molecular flexibility index (Phi) is 12.0. The number of esters is 1. The van der Waals surface area contributed by atoms with Gasteiger partial charge in [-0.25, -0.2) is 14.8 Å². The maximum Gasteiger partial charge on any atom is 0.409 e. The van der Waals surface area contributed by atoms with Crippen LogP contribution in [0.1, 0.15) is 82.6 Å². The first kappa shape index (κ1) is 33.4. The Hall–Kier alpha value is -4.06. The molecule has 1 aromatic heterocycles. The Morgan fingerprint density at radius 1 is 0.977 bits per heavy atom. The highest BCUT2D eigenvalue weighted by Crippen LogP contribution is 2.22. The fourth-order valence-electron chi connectivity index (χ4n) is 4.58. The van der Waals surface area contributed by atoms with Crippen molar-refractivity contribution in [3.63, 3.8) is 0 Å². The van der Waals surface area contributed by atoms with E-state index in [-0.39, 0.29) is 63.1 Å². The van der Waals surface area contributed by atoms with Crippen molar-refractivity contribution in [3.8, 4) is 11.4 Å². The van der Waals surface area contributed by atoms with Crippen LogP contribution in [0.3, 0.4) is 0 Å². The zero-order chi connectivity index (χ0) is 31.6. The lowest BCUT2D eigenvalue weighted by atomic mass is 10.1. The Bertz CT molecular complexity index is 1260. The van der Waals surface area contributed by atoms with Gasteiger partial charge >= 0.3 is 12.1 Å². The minimum absolute atomic E-state index is 0.000476. The van der Waals surface area contributed by atoms with Crippen LogP contribution in [-0.4, -0.2) is 93.2 Å². The highest BCUT2D eigenvalue weighted by molar-refractivity contribution is 5.96. The van der Waals surface area contributed by atoms with Crippen LogP contribution < -0.4 is 5.32 Å². The van der Waals surface area contributed by atoms with Crippen molar-refractivity contribution in [3.05, 3.63) is 47.8 Å². The molecule has 0 radical (unpaired) electrons. The first-order chi connectivity index (χ1) is 20.4. The summed E-state index contributed by atoms with van der Waals surface area (Å²) < 4.78 is 10.5. The molecule has 2 aromatic rings. The topological polar surface area (TPSA) is 151 Å². The summed E-state index contributed by atoms with van der Waals surface area (Å²) in [5.41, 5.74) is 0.251. The zero-order valence-corrected chi connectivity index (χ0v) is 25.7. The van der Waals surface area contributed by atoms with Crippen LogP contribution in [0.2, 0.25) is 0 Å². The summed E-state index contributed by atoms with van der Waals surface area (Å²) in [5.74, 6) is -1.25. The van der Waals surface area contributed by atoms with Crippen LogP contribution in [-0.2, 0) is 19.1 Å². The lowest BCUT2D eigenvalue weighted by Crippen LogP contribution is -2.56. The molecule has 2 heterocycles. The lowest BCUT2D eigenvalue weighted by Gasteiger charge is -2.36. The molecule has 234 valence electrons. The van der Waals surface area contributed by atoms with Gasteiger partial charge in [0.25, 0.3) is 5.91 Å². The Balaban J connectivity index is 1.85. The van der Waals surface area contributed by atoms with Gasteiger partial charge in [-0.1, -0.05) is 43.7 Å². The van der Waals surface area contributed by atoms with E-state index in [1.165, 1.54) is 11.0 Å². The Morgan fingerprint density at radius 3 is 2.23 bits per heavy atom. The summed E-state index contributed by atoms with van der Waals surface area (Å²) in [6.07, 6.45) is -0.291. The molecule has 0 spiro atoms. The quantitative estimate of drug-likeness (QED) is 0.371. The summed E-state index contributed by atoms with van der Waals surface area (Å²) >= 11 is 0. The van der Waals surface area contributed by atoms with Gasteiger partial charge in [0.1, 0.15) is 17.3 Å². The van der Waals surface area contributed by atoms with Gasteiger partial charge < -0.3 is 29.7 Å². The molecule has 0 saturated carbocycles. The number of aliphatic hydroxyl groups is 1. The summed E-state index contributed by atoms with van der Waals surface area (Å²) in [6, 6.07) is 9.46. The fourth-order valence-corrected chi connectivity index (χ4v) is 4.58. The minimum atomic E-state index is -1.06. The first-order valence-corrected chi connectivity index (χ1v) is 14.8. The number of hydrogen-bond acceptors (Lipinski definition) is 9. The van der Waals surface area contributed by atoms with E-state index in [2.05, 4.69) is 15.3 Å². The van der Waals surface area contributed by atoms with Gasteiger partial charge in [0.2, 0.25) is 5.91 Å². The molecule has 1 aromatic carbocycles. The number of carbonyl (C=O) groups is 4. The summed E-state index contributed by atoms with van der Waals surface area (Å²) in [5, 5.41) is 13.5. The number of amides is 3. The molecule has 1 aliphatic heterocycles. The molecule has 3 rings (SSSR count). The van der Waals surface area contributed by atoms with E-state index in [1.807, 2.05) is 25.1 Å². The molecule has 3 amide bonds. The number of aliphatic hydroxyl groups excluding tert-OH is 1. The maximum atomic E-state index is 13.7. The summed E-state index contributed by atoms with van der Waals surface area (Å²) in [7, 11) is 0. The number of piperazine rings is 1. The molecular weight excluding hydrogens is 554 g/mol. The van der Waals surface area contributed by atoms with E-state index in [0.717, 1.165) is 0 Å². The number of benzene rings is 1. The Morgan fingerprint density at radius 2 is 1.63 bits per heavy atom. The standard InChI is InChI=1S/C31H43N5O7/c1-6-11-25(37)23-20-24(33-27(32-23)21-12-9-8-10-13-21)28(39)34-22(14-15-26(38)43-31(3,4)5)29(40)35-16-18-36(19-17-35)30(41)42-7-2/h8-10,12-13,20,22,25,37H,6-7,11,14-19H2,1-5H3,(H,34,39)/t22-,25?/m0/s1. The molecule has 12 nitrogen and oxygen atoms in total. The van der Waals surface area contributed by atoms with Gasteiger partial charge in [0, 0.05) is 38.2 Å². The van der Waals surface area contributed by atoms with Crippen molar-refractivity contribution >= 4 is 23.9 Å². The van der Waals surface area contributed by atoms with Crippen LogP contribution in [0.5, 0.6) is 0 Å². The molecule has 12 heteroatoms. The van der Waals surface area contributed by atoms with E-state index in [9.17, 15) is 24.3 Å². The second-order valence-electron chi connectivity index (χ2n) is 11.3. The second-order valence-corrected chi connectivity index (χ2v) is 11.3.